The maximum absolute atomic E-state index is 12.4. The lowest BCUT2D eigenvalue weighted by Crippen LogP contribution is -2.50. The Morgan fingerprint density at radius 1 is 1.11 bits per heavy atom. The second-order valence-electron chi connectivity index (χ2n) is 7.06. The Labute approximate surface area is 170 Å². The number of piperazine rings is 1. The molecule has 0 atom stereocenters. The smallest absolute Gasteiger partial charge is 0.264 e. The number of nitrogens with zero attached hydrogens (tertiary/aromatic N) is 2. The van der Waals surface area contributed by atoms with Crippen molar-refractivity contribution in [1.82, 2.24) is 15.1 Å². The molecule has 1 saturated heterocycles. The van der Waals surface area contributed by atoms with Crippen LogP contribution in [0.4, 0.5) is 0 Å². The molecule has 2 amide bonds. The predicted molar refractivity (Wildman–Crippen MR) is 111 cm³/mol. The van der Waals surface area contributed by atoms with Crippen LogP contribution in [0, 0.1) is 0 Å². The van der Waals surface area contributed by atoms with E-state index in [1.807, 2.05) is 48.4 Å². The minimum atomic E-state index is -0.0809. The number of amides is 2. The molecule has 0 saturated carbocycles. The first-order valence-electron chi connectivity index (χ1n) is 9.63. The molecule has 1 aliphatic heterocycles. The number of carbonyl (C=O) groups is 2. The SMILES string of the molecule is CC(C)Oc1ccc(C(=O)NCCN2CCN(C(=O)c3cccs3)CC2)cc1. The molecular formula is C21H27N3O3S. The molecule has 0 bridgehead atoms. The van der Waals surface area contributed by atoms with E-state index in [9.17, 15) is 9.59 Å². The van der Waals surface area contributed by atoms with E-state index < -0.39 is 0 Å². The van der Waals surface area contributed by atoms with Crippen LogP contribution in [0.1, 0.15) is 33.9 Å². The molecule has 2 aromatic rings. The van der Waals surface area contributed by atoms with Crippen LogP contribution in [0.5, 0.6) is 5.75 Å². The summed E-state index contributed by atoms with van der Waals surface area (Å²) in [5.74, 6) is 0.803. The first-order chi connectivity index (χ1) is 13.5. The molecule has 2 heterocycles. The quantitative estimate of drug-likeness (QED) is 0.775. The Bertz CT molecular complexity index is 767. The third kappa shape index (κ3) is 5.56. The number of carbonyl (C=O) groups excluding carboxylic acids is 2. The molecule has 0 spiro atoms. The average molecular weight is 402 g/mol. The highest BCUT2D eigenvalue weighted by molar-refractivity contribution is 7.12. The first-order valence-corrected chi connectivity index (χ1v) is 10.5. The second-order valence-corrected chi connectivity index (χ2v) is 8.01. The maximum atomic E-state index is 12.4. The first kappa shape index (κ1) is 20.4. The molecule has 6 nitrogen and oxygen atoms in total. The van der Waals surface area contributed by atoms with Crippen molar-refractivity contribution >= 4 is 23.2 Å². The van der Waals surface area contributed by atoms with E-state index in [0.29, 0.717) is 12.1 Å². The molecular weight excluding hydrogens is 374 g/mol. The van der Waals surface area contributed by atoms with Gasteiger partial charge in [-0.15, -0.1) is 11.3 Å². The number of ether oxygens (including phenoxy) is 1. The van der Waals surface area contributed by atoms with Gasteiger partial charge in [0.2, 0.25) is 0 Å². The van der Waals surface area contributed by atoms with Crippen LogP contribution >= 0.6 is 11.3 Å². The van der Waals surface area contributed by atoms with Gasteiger partial charge in [0.05, 0.1) is 11.0 Å². The van der Waals surface area contributed by atoms with Gasteiger partial charge >= 0.3 is 0 Å². The minimum Gasteiger partial charge on any atom is -0.491 e. The number of hydrogen-bond donors (Lipinski definition) is 1. The van der Waals surface area contributed by atoms with Gasteiger partial charge in [-0.1, -0.05) is 6.07 Å². The largest absolute Gasteiger partial charge is 0.491 e. The Morgan fingerprint density at radius 2 is 1.82 bits per heavy atom. The lowest BCUT2D eigenvalue weighted by Gasteiger charge is -2.34. The zero-order valence-corrected chi connectivity index (χ0v) is 17.2. The normalized spacial score (nSPS) is 14.9. The van der Waals surface area contributed by atoms with Gasteiger partial charge in [-0.25, -0.2) is 0 Å². The topological polar surface area (TPSA) is 61.9 Å². The summed E-state index contributed by atoms with van der Waals surface area (Å²) < 4.78 is 5.59. The van der Waals surface area contributed by atoms with E-state index in [2.05, 4.69) is 10.2 Å². The van der Waals surface area contributed by atoms with Crippen molar-refractivity contribution in [2.75, 3.05) is 39.3 Å². The molecule has 1 N–H and O–H groups in total. The van der Waals surface area contributed by atoms with Crippen molar-refractivity contribution in [3.8, 4) is 5.75 Å². The molecule has 150 valence electrons. The van der Waals surface area contributed by atoms with Crippen molar-refractivity contribution in [2.24, 2.45) is 0 Å². The Kier molecular flexibility index (Phi) is 7.06. The van der Waals surface area contributed by atoms with E-state index in [1.54, 1.807) is 12.1 Å². The van der Waals surface area contributed by atoms with Gasteiger partial charge in [-0.05, 0) is 49.6 Å². The third-order valence-electron chi connectivity index (χ3n) is 4.59. The maximum Gasteiger partial charge on any atom is 0.264 e. The van der Waals surface area contributed by atoms with Gasteiger partial charge in [0.25, 0.3) is 11.8 Å². The van der Waals surface area contributed by atoms with Gasteiger partial charge in [-0.3, -0.25) is 14.5 Å². The van der Waals surface area contributed by atoms with Crippen molar-refractivity contribution in [3.63, 3.8) is 0 Å². The summed E-state index contributed by atoms with van der Waals surface area (Å²) in [6.45, 7) is 8.41. The number of benzene rings is 1. The predicted octanol–water partition coefficient (Wildman–Crippen LogP) is 2.72. The zero-order valence-electron chi connectivity index (χ0n) is 16.4. The lowest BCUT2D eigenvalue weighted by molar-refractivity contribution is 0.0643. The van der Waals surface area contributed by atoms with E-state index >= 15 is 0 Å². The van der Waals surface area contributed by atoms with Crippen molar-refractivity contribution in [1.29, 1.82) is 0 Å². The lowest BCUT2D eigenvalue weighted by atomic mass is 10.2. The van der Waals surface area contributed by atoms with Gasteiger partial charge in [0, 0.05) is 44.8 Å². The van der Waals surface area contributed by atoms with Gasteiger partial charge < -0.3 is 15.0 Å². The van der Waals surface area contributed by atoms with Crippen molar-refractivity contribution < 1.29 is 14.3 Å². The standard InChI is InChI=1S/C21H27N3O3S/c1-16(2)27-18-7-5-17(6-8-18)20(25)22-9-10-23-11-13-24(14-12-23)21(26)19-4-3-15-28-19/h3-8,15-16H,9-14H2,1-2H3,(H,22,25). The third-order valence-corrected chi connectivity index (χ3v) is 5.45. The molecule has 28 heavy (non-hydrogen) atoms. The van der Waals surface area contributed by atoms with Gasteiger partial charge in [0.1, 0.15) is 5.75 Å². The van der Waals surface area contributed by atoms with Gasteiger partial charge in [-0.2, -0.15) is 0 Å². The highest BCUT2D eigenvalue weighted by atomic mass is 32.1. The van der Waals surface area contributed by atoms with Crippen LogP contribution in [-0.4, -0.2) is 67.0 Å². The molecule has 1 aliphatic rings. The Morgan fingerprint density at radius 3 is 2.43 bits per heavy atom. The summed E-state index contributed by atoms with van der Waals surface area (Å²) in [6, 6.07) is 11.0. The summed E-state index contributed by atoms with van der Waals surface area (Å²) in [5.41, 5.74) is 0.627. The molecule has 1 fully saturated rings. The highest BCUT2D eigenvalue weighted by Gasteiger charge is 2.22. The molecule has 7 heteroatoms. The van der Waals surface area contributed by atoms with Crippen LogP contribution in [0.3, 0.4) is 0 Å². The summed E-state index contributed by atoms with van der Waals surface area (Å²) in [4.78, 5) is 29.6. The van der Waals surface area contributed by atoms with Crippen LogP contribution < -0.4 is 10.1 Å². The molecule has 1 aromatic heterocycles. The average Bonchev–Trinajstić information content (AvgIpc) is 3.23. The number of nitrogens with one attached hydrogen (secondary N) is 1. The number of thiophene rings is 1. The Balaban J connectivity index is 1.37. The van der Waals surface area contributed by atoms with E-state index in [-0.39, 0.29) is 17.9 Å². The van der Waals surface area contributed by atoms with E-state index in [0.717, 1.165) is 43.4 Å². The van der Waals surface area contributed by atoms with Crippen molar-refractivity contribution in [2.45, 2.75) is 20.0 Å². The summed E-state index contributed by atoms with van der Waals surface area (Å²) >= 11 is 1.48. The molecule has 0 unspecified atom stereocenters. The van der Waals surface area contributed by atoms with Crippen LogP contribution in [-0.2, 0) is 0 Å². The van der Waals surface area contributed by atoms with E-state index in [4.69, 9.17) is 4.74 Å². The second kappa shape index (κ2) is 9.71. The zero-order chi connectivity index (χ0) is 19.9. The van der Waals surface area contributed by atoms with Crippen LogP contribution in [0.2, 0.25) is 0 Å². The molecule has 0 radical (unpaired) electrons. The molecule has 0 aliphatic carbocycles. The van der Waals surface area contributed by atoms with Crippen molar-refractivity contribution in [3.05, 3.63) is 52.2 Å². The summed E-state index contributed by atoms with van der Waals surface area (Å²) in [7, 11) is 0. The fraction of sp³-hybridized carbons (Fsp3) is 0.429. The van der Waals surface area contributed by atoms with Crippen LogP contribution in [0.25, 0.3) is 0 Å². The molecule has 1 aromatic carbocycles. The highest BCUT2D eigenvalue weighted by Crippen LogP contribution is 2.15. The minimum absolute atomic E-state index is 0.0809. The number of hydrogen-bond acceptors (Lipinski definition) is 5. The fourth-order valence-corrected chi connectivity index (χ4v) is 3.81. The summed E-state index contributed by atoms with van der Waals surface area (Å²) in [5, 5.41) is 4.89. The fourth-order valence-electron chi connectivity index (χ4n) is 3.12. The number of rotatable bonds is 7. The van der Waals surface area contributed by atoms with E-state index in [1.165, 1.54) is 11.3 Å². The summed E-state index contributed by atoms with van der Waals surface area (Å²) in [6.07, 6.45) is 0.112. The van der Waals surface area contributed by atoms with Gasteiger partial charge in [0.15, 0.2) is 0 Å². The Hall–Kier alpha value is -2.38. The monoisotopic (exact) mass is 401 g/mol. The van der Waals surface area contributed by atoms with Crippen LogP contribution in [0.15, 0.2) is 41.8 Å². The molecule has 3 rings (SSSR count).